The first-order valence-corrected chi connectivity index (χ1v) is 5.27. The number of aromatic amines is 2. The highest BCUT2D eigenvalue weighted by Gasteiger charge is 2.19. The molecule has 0 bridgehead atoms. The summed E-state index contributed by atoms with van der Waals surface area (Å²) in [5.41, 5.74) is -1.23. The van der Waals surface area contributed by atoms with E-state index in [-0.39, 0.29) is 23.7 Å². The van der Waals surface area contributed by atoms with E-state index in [0.717, 1.165) is 12.1 Å². The number of hydrogen-bond donors (Lipinski definition) is 3. The Morgan fingerprint density at radius 1 is 1.25 bits per heavy atom. The van der Waals surface area contributed by atoms with Gasteiger partial charge in [0, 0.05) is 6.07 Å². The van der Waals surface area contributed by atoms with Crippen LogP contribution in [-0.4, -0.2) is 25.0 Å². The van der Waals surface area contributed by atoms with Crippen molar-refractivity contribution in [1.82, 2.24) is 15.2 Å². The molecule has 0 spiro atoms. The predicted octanol–water partition coefficient (Wildman–Crippen LogP) is 0.526. The lowest BCUT2D eigenvalue weighted by Crippen LogP contribution is -2.06. The normalized spacial score (nSPS) is 10.2. The van der Waals surface area contributed by atoms with E-state index in [0.29, 0.717) is 0 Å². The number of benzene rings is 1. The van der Waals surface area contributed by atoms with E-state index in [4.69, 9.17) is 0 Å². The zero-order valence-electron chi connectivity index (χ0n) is 9.82. The molecule has 1 heterocycles. The van der Waals surface area contributed by atoms with Gasteiger partial charge in [-0.25, -0.2) is 9.89 Å². The highest BCUT2D eigenvalue weighted by molar-refractivity contribution is 5.65. The number of rotatable bonds is 5. The third-order valence-corrected chi connectivity index (χ3v) is 2.39. The molecule has 11 heteroatoms. The van der Waals surface area contributed by atoms with Crippen LogP contribution in [0.2, 0.25) is 0 Å². The Balaban J connectivity index is 2.24. The Kier molecular flexibility index (Phi) is 3.41. The lowest BCUT2D eigenvalue weighted by atomic mass is 10.2. The fourth-order valence-corrected chi connectivity index (χ4v) is 1.50. The highest BCUT2D eigenvalue weighted by Crippen LogP contribution is 2.28. The molecule has 0 aliphatic rings. The van der Waals surface area contributed by atoms with Crippen LogP contribution in [-0.2, 0) is 6.54 Å². The summed E-state index contributed by atoms with van der Waals surface area (Å²) in [5.74, 6) is 0.252. The fraction of sp³-hybridized carbons (Fsp3) is 0.111. The summed E-state index contributed by atoms with van der Waals surface area (Å²) < 4.78 is 0. The van der Waals surface area contributed by atoms with Gasteiger partial charge in [0.15, 0.2) is 0 Å². The topological polar surface area (TPSA) is 160 Å². The number of nitro groups is 2. The van der Waals surface area contributed by atoms with Gasteiger partial charge >= 0.3 is 5.69 Å². The zero-order chi connectivity index (χ0) is 14.7. The van der Waals surface area contributed by atoms with Crippen molar-refractivity contribution < 1.29 is 9.85 Å². The molecule has 0 saturated carbocycles. The third-order valence-electron chi connectivity index (χ3n) is 2.39. The van der Waals surface area contributed by atoms with Crippen molar-refractivity contribution >= 4 is 17.1 Å². The van der Waals surface area contributed by atoms with E-state index in [1.54, 1.807) is 0 Å². The molecule has 2 aromatic rings. The molecule has 0 unspecified atom stereocenters. The molecule has 0 radical (unpaired) electrons. The molecule has 0 aliphatic heterocycles. The average molecular weight is 280 g/mol. The molecule has 0 fully saturated rings. The first-order chi connectivity index (χ1) is 9.47. The summed E-state index contributed by atoms with van der Waals surface area (Å²) >= 11 is 0. The van der Waals surface area contributed by atoms with Crippen molar-refractivity contribution in [1.29, 1.82) is 0 Å². The summed E-state index contributed by atoms with van der Waals surface area (Å²) in [6.45, 7) is 0.0252. The zero-order valence-corrected chi connectivity index (χ0v) is 9.82. The SMILES string of the molecule is O=c1[nH]nc(CNc2ccc([N+](=O)[O-])cc2[N+](=O)[O-])[nH]1. The Bertz CT molecular complexity index is 720. The lowest BCUT2D eigenvalue weighted by Gasteiger charge is -2.04. The molecule has 11 nitrogen and oxygen atoms in total. The molecule has 1 aromatic heterocycles. The molecule has 20 heavy (non-hydrogen) atoms. The van der Waals surface area contributed by atoms with Gasteiger partial charge in [-0.1, -0.05) is 0 Å². The highest BCUT2D eigenvalue weighted by atomic mass is 16.6. The van der Waals surface area contributed by atoms with Crippen LogP contribution in [0.1, 0.15) is 5.82 Å². The Hall–Kier alpha value is -3.24. The van der Waals surface area contributed by atoms with E-state index < -0.39 is 21.2 Å². The summed E-state index contributed by atoms with van der Waals surface area (Å²) in [4.78, 5) is 33.2. The van der Waals surface area contributed by atoms with Crippen LogP contribution < -0.4 is 11.0 Å². The largest absolute Gasteiger partial charge is 0.372 e. The third kappa shape index (κ3) is 2.77. The van der Waals surface area contributed by atoms with Gasteiger partial charge in [0.2, 0.25) is 0 Å². The fourth-order valence-electron chi connectivity index (χ4n) is 1.50. The number of hydrogen-bond acceptors (Lipinski definition) is 7. The van der Waals surface area contributed by atoms with Crippen LogP contribution in [0.25, 0.3) is 0 Å². The number of non-ortho nitro benzene ring substituents is 1. The van der Waals surface area contributed by atoms with Gasteiger partial charge in [-0.05, 0) is 6.07 Å². The van der Waals surface area contributed by atoms with E-state index in [2.05, 4.69) is 20.5 Å². The summed E-state index contributed by atoms with van der Waals surface area (Å²) in [6.07, 6.45) is 0. The van der Waals surface area contributed by atoms with E-state index in [1.807, 2.05) is 0 Å². The predicted molar refractivity (Wildman–Crippen MR) is 66.3 cm³/mol. The number of nitrogens with zero attached hydrogens (tertiary/aromatic N) is 3. The summed E-state index contributed by atoms with van der Waals surface area (Å²) in [7, 11) is 0. The molecule has 104 valence electrons. The summed E-state index contributed by atoms with van der Waals surface area (Å²) in [5, 5.41) is 29.9. The smallest absolute Gasteiger partial charge is 0.340 e. The minimum absolute atomic E-state index is 0.0252. The van der Waals surface area contributed by atoms with Crippen LogP contribution in [0.4, 0.5) is 17.1 Å². The number of nitrogens with one attached hydrogen (secondary N) is 3. The molecular weight excluding hydrogens is 272 g/mol. The quantitative estimate of drug-likeness (QED) is 0.531. The second-order valence-electron chi connectivity index (χ2n) is 3.69. The van der Waals surface area contributed by atoms with Crippen LogP contribution in [0.5, 0.6) is 0 Å². The first kappa shape index (κ1) is 13.2. The maximum absolute atomic E-state index is 10.9. The van der Waals surface area contributed by atoms with Crippen molar-refractivity contribution in [3.63, 3.8) is 0 Å². The standard InChI is InChI=1S/C9H8N6O5/c16-9-11-8(12-13-9)4-10-6-2-1-5(14(17)18)3-7(6)15(19)20/h1-3,10H,4H2,(H2,11,12,13,16). The van der Waals surface area contributed by atoms with E-state index >= 15 is 0 Å². The second-order valence-corrected chi connectivity index (χ2v) is 3.69. The Morgan fingerprint density at radius 3 is 2.55 bits per heavy atom. The maximum Gasteiger partial charge on any atom is 0.340 e. The number of nitro benzene ring substituents is 2. The minimum atomic E-state index is -0.734. The molecule has 0 atom stereocenters. The molecule has 1 aromatic carbocycles. The van der Waals surface area contributed by atoms with Gasteiger partial charge in [-0.15, -0.1) is 0 Å². The van der Waals surface area contributed by atoms with Crippen LogP contribution in [0.15, 0.2) is 23.0 Å². The Labute approximate surface area is 109 Å². The number of aromatic nitrogens is 3. The van der Waals surface area contributed by atoms with Crippen LogP contribution >= 0.6 is 0 Å². The molecule has 2 rings (SSSR count). The molecule has 3 N–H and O–H groups in total. The van der Waals surface area contributed by atoms with E-state index in [1.165, 1.54) is 6.07 Å². The lowest BCUT2D eigenvalue weighted by molar-refractivity contribution is -0.393. The molecule has 0 aliphatic carbocycles. The van der Waals surface area contributed by atoms with Crippen LogP contribution in [0.3, 0.4) is 0 Å². The van der Waals surface area contributed by atoms with Gasteiger partial charge in [0.05, 0.1) is 22.5 Å². The maximum atomic E-state index is 10.9. The van der Waals surface area contributed by atoms with Crippen molar-refractivity contribution in [2.75, 3.05) is 5.32 Å². The molecular formula is C9H8N6O5. The second kappa shape index (κ2) is 5.17. The van der Waals surface area contributed by atoms with Crippen LogP contribution in [0, 0.1) is 20.2 Å². The van der Waals surface area contributed by atoms with Crippen molar-refractivity contribution in [2.24, 2.45) is 0 Å². The minimum Gasteiger partial charge on any atom is -0.372 e. The van der Waals surface area contributed by atoms with Crippen molar-refractivity contribution in [3.05, 3.63) is 54.7 Å². The monoisotopic (exact) mass is 280 g/mol. The molecule has 0 amide bonds. The van der Waals surface area contributed by atoms with Gasteiger partial charge in [-0.2, -0.15) is 5.10 Å². The number of anilines is 1. The number of H-pyrrole nitrogens is 2. The van der Waals surface area contributed by atoms with Gasteiger partial charge < -0.3 is 5.32 Å². The summed E-state index contributed by atoms with van der Waals surface area (Å²) in [6, 6.07) is 3.22. The Morgan fingerprint density at radius 2 is 2.00 bits per heavy atom. The van der Waals surface area contributed by atoms with Gasteiger partial charge in [-0.3, -0.25) is 25.2 Å². The van der Waals surface area contributed by atoms with Gasteiger partial charge in [0.1, 0.15) is 11.5 Å². The first-order valence-electron chi connectivity index (χ1n) is 5.27. The average Bonchev–Trinajstić information content (AvgIpc) is 2.81. The van der Waals surface area contributed by atoms with Gasteiger partial charge in [0.25, 0.3) is 11.4 Å². The van der Waals surface area contributed by atoms with Crippen molar-refractivity contribution in [2.45, 2.75) is 6.54 Å². The van der Waals surface area contributed by atoms with Crippen molar-refractivity contribution in [3.8, 4) is 0 Å². The molecule has 0 saturated heterocycles. The van der Waals surface area contributed by atoms with E-state index in [9.17, 15) is 25.0 Å².